The zero-order valence-electron chi connectivity index (χ0n) is 8.67. The minimum absolute atomic E-state index is 0.142. The summed E-state index contributed by atoms with van der Waals surface area (Å²) in [4.78, 5) is 4.11. The van der Waals surface area contributed by atoms with Gasteiger partial charge >= 0.3 is 0 Å². The molecule has 0 radical (unpaired) electrons. The Bertz CT molecular complexity index is 539. The summed E-state index contributed by atoms with van der Waals surface area (Å²) in [6, 6.07) is 6.47. The molecule has 82 valence electrons. The number of aromatic nitrogens is 1. The summed E-state index contributed by atoms with van der Waals surface area (Å²) < 4.78 is 26.4. The van der Waals surface area contributed by atoms with Crippen LogP contribution in [0, 0.1) is 18.6 Å². The second-order valence-corrected chi connectivity index (χ2v) is 3.50. The maximum absolute atomic E-state index is 13.4. The molecule has 0 saturated heterocycles. The number of nitrogens with two attached hydrogens (primary N) is 1. The summed E-state index contributed by atoms with van der Waals surface area (Å²) in [5.74, 6) is -0.995. The highest BCUT2D eigenvalue weighted by Crippen LogP contribution is 2.23. The van der Waals surface area contributed by atoms with E-state index in [0.717, 1.165) is 18.2 Å². The fourth-order valence-electron chi connectivity index (χ4n) is 1.42. The van der Waals surface area contributed by atoms with Gasteiger partial charge in [-0.05, 0) is 37.3 Å². The monoisotopic (exact) mass is 220 g/mol. The fraction of sp³-hybridized carbons (Fsp3) is 0.0833. The quantitative estimate of drug-likeness (QED) is 0.802. The molecule has 16 heavy (non-hydrogen) atoms. The third-order valence-corrected chi connectivity index (χ3v) is 2.33. The largest absolute Gasteiger partial charge is 0.397 e. The highest BCUT2D eigenvalue weighted by molar-refractivity contribution is 5.62. The summed E-state index contributed by atoms with van der Waals surface area (Å²) in [6.45, 7) is 1.72. The maximum atomic E-state index is 13.4. The lowest BCUT2D eigenvalue weighted by Crippen LogP contribution is -1.96. The van der Waals surface area contributed by atoms with Crippen LogP contribution in [0.5, 0.6) is 0 Å². The number of rotatable bonds is 1. The lowest BCUT2D eigenvalue weighted by molar-refractivity contribution is 0.602. The van der Waals surface area contributed by atoms with Crippen LogP contribution in [0.4, 0.5) is 14.5 Å². The molecule has 0 atom stereocenters. The number of aryl methyl sites for hydroxylation is 1. The lowest BCUT2D eigenvalue weighted by atomic mass is 10.1. The molecule has 0 aliphatic carbocycles. The molecule has 2 aromatic rings. The SMILES string of the molecule is Cc1nc(-c2cc(F)ccc2F)ccc1N. The van der Waals surface area contributed by atoms with E-state index >= 15 is 0 Å². The molecule has 0 fully saturated rings. The first kappa shape index (κ1) is 10.5. The van der Waals surface area contributed by atoms with E-state index in [9.17, 15) is 8.78 Å². The second-order valence-electron chi connectivity index (χ2n) is 3.50. The number of nitrogens with zero attached hydrogens (tertiary/aromatic N) is 1. The first-order valence-corrected chi connectivity index (χ1v) is 4.76. The van der Waals surface area contributed by atoms with Gasteiger partial charge in [0, 0.05) is 5.56 Å². The van der Waals surface area contributed by atoms with Gasteiger partial charge in [0.1, 0.15) is 11.6 Å². The Hall–Kier alpha value is -1.97. The van der Waals surface area contributed by atoms with Crippen molar-refractivity contribution in [1.82, 2.24) is 4.98 Å². The van der Waals surface area contributed by atoms with Gasteiger partial charge in [-0.15, -0.1) is 0 Å². The van der Waals surface area contributed by atoms with Gasteiger partial charge in [0.25, 0.3) is 0 Å². The molecule has 2 nitrogen and oxygen atoms in total. The number of anilines is 1. The van der Waals surface area contributed by atoms with Crippen LogP contribution >= 0.6 is 0 Å². The van der Waals surface area contributed by atoms with E-state index in [0.29, 0.717) is 17.1 Å². The van der Waals surface area contributed by atoms with Gasteiger partial charge in [0.05, 0.1) is 17.1 Å². The Morgan fingerprint density at radius 1 is 1.12 bits per heavy atom. The van der Waals surface area contributed by atoms with Gasteiger partial charge in [-0.3, -0.25) is 4.98 Å². The summed E-state index contributed by atoms with van der Waals surface area (Å²) in [6.07, 6.45) is 0. The molecule has 4 heteroatoms. The van der Waals surface area contributed by atoms with Crippen LogP contribution in [0.1, 0.15) is 5.69 Å². The molecular weight excluding hydrogens is 210 g/mol. The van der Waals surface area contributed by atoms with Crippen molar-refractivity contribution in [2.24, 2.45) is 0 Å². The first-order chi connectivity index (χ1) is 7.58. The predicted octanol–water partition coefficient (Wildman–Crippen LogP) is 2.92. The first-order valence-electron chi connectivity index (χ1n) is 4.76. The van der Waals surface area contributed by atoms with E-state index in [2.05, 4.69) is 4.98 Å². The Labute approximate surface area is 91.7 Å². The molecule has 1 heterocycles. The fourth-order valence-corrected chi connectivity index (χ4v) is 1.42. The topological polar surface area (TPSA) is 38.9 Å². The van der Waals surface area contributed by atoms with Gasteiger partial charge < -0.3 is 5.73 Å². The molecule has 0 saturated carbocycles. The molecule has 0 unspecified atom stereocenters. The lowest BCUT2D eigenvalue weighted by Gasteiger charge is -2.05. The molecule has 2 rings (SSSR count). The third-order valence-electron chi connectivity index (χ3n) is 2.33. The Kier molecular flexibility index (Phi) is 2.56. The van der Waals surface area contributed by atoms with Crippen molar-refractivity contribution in [3.63, 3.8) is 0 Å². The summed E-state index contributed by atoms with van der Waals surface area (Å²) >= 11 is 0. The number of pyridine rings is 1. The van der Waals surface area contributed by atoms with Gasteiger partial charge in [-0.1, -0.05) is 0 Å². The average molecular weight is 220 g/mol. The maximum Gasteiger partial charge on any atom is 0.132 e. The van der Waals surface area contributed by atoms with Gasteiger partial charge in [0.2, 0.25) is 0 Å². The number of hydrogen-bond acceptors (Lipinski definition) is 2. The van der Waals surface area contributed by atoms with E-state index in [1.807, 2.05) is 0 Å². The zero-order valence-corrected chi connectivity index (χ0v) is 8.67. The number of halogens is 2. The molecular formula is C12H10F2N2. The molecule has 1 aromatic carbocycles. The van der Waals surface area contributed by atoms with E-state index in [-0.39, 0.29) is 5.56 Å². The molecule has 0 spiro atoms. The van der Waals surface area contributed by atoms with Crippen molar-refractivity contribution in [1.29, 1.82) is 0 Å². The van der Waals surface area contributed by atoms with Crippen LogP contribution in [0.3, 0.4) is 0 Å². The van der Waals surface area contributed by atoms with Crippen LogP contribution < -0.4 is 5.73 Å². The van der Waals surface area contributed by atoms with Crippen molar-refractivity contribution in [2.75, 3.05) is 5.73 Å². The van der Waals surface area contributed by atoms with E-state index in [1.54, 1.807) is 19.1 Å². The third kappa shape index (κ3) is 1.86. The minimum atomic E-state index is -0.502. The van der Waals surface area contributed by atoms with Crippen LogP contribution in [0.15, 0.2) is 30.3 Å². The number of benzene rings is 1. The zero-order chi connectivity index (χ0) is 11.7. The van der Waals surface area contributed by atoms with Crippen molar-refractivity contribution < 1.29 is 8.78 Å². The predicted molar refractivity (Wildman–Crippen MR) is 58.7 cm³/mol. The van der Waals surface area contributed by atoms with Crippen LogP contribution in [0.25, 0.3) is 11.3 Å². The molecule has 0 bridgehead atoms. The summed E-state index contributed by atoms with van der Waals surface area (Å²) in [5.41, 5.74) is 7.25. The van der Waals surface area contributed by atoms with Crippen LogP contribution in [-0.4, -0.2) is 4.98 Å². The van der Waals surface area contributed by atoms with Crippen molar-refractivity contribution in [3.8, 4) is 11.3 Å². The second kappa shape index (κ2) is 3.89. The normalized spacial score (nSPS) is 10.4. The molecule has 0 aliphatic heterocycles. The number of hydrogen-bond donors (Lipinski definition) is 1. The van der Waals surface area contributed by atoms with Gasteiger partial charge in [-0.25, -0.2) is 8.78 Å². The van der Waals surface area contributed by atoms with E-state index < -0.39 is 11.6 Å². The standard InChI is InChI=1S/C12H10F2N2/c1-7-11(15)4-5-12(16-7)9-6-8(13)2-3-10(9)14/h2-6H,15H2,1H3. The van der Waals surface area contributed by atoms with Gasteiger partial charge in [-0.2, -0.15) is 0 Å². The average Bonchev–Trinajstić information content (AvgIpc) is 2.26. The highest BCUT2D eigenvalue weighted by atomic mass is 19.1. The molecule has 2 N–H and O–H groups in total. The molecule has 0 amide bonds. The molecule has 1 aromatic heterocycles. The van der Waals surface area contributed by atoms with Crippen molar-refractivity contribution in [3.05, 3.63) is 47.7 Å². The Morgan fingerprint density at radius 3 is 2.56 bits per heavy atom. The minimum Gasteiger partial charge on any atom is -0.397 e. The van der Waals surface area contributed by atoms with Crippen LogP contribution in [-0.2, 0) is 0 Å². The Morgan fingerprint density at radius 2 is 1.88 bits per heavy atom. The van der Waals surface area contributed by atoms with E-state index in [4.69, 9.17) is 5.73 Å². The van der Waals surface area contributed by atoms with Gasteiger partial charge in [0.15, 0.2) is 0 Å². The Balaban J connectivity index is 2.58. The summed E-state index contributed by atoms with van der Waals surface area (Å²) in [5, 5.41) is 0. The number of nitrogen functional groups attached to an aromatic ring is 1. The molecule has 0 aliphatic rings. The summed E-state index contributed by atoms with van der Waals surface area (Å²) in [7, 11) is 0. The van der Waals surface area contributed by atoms with Crippen molar-refractivity contribution >= 4 is 5.69 Å². The van der Waals surface area contributed by atoms with Crippen LogP contribution in [0.2, 0.25) is 0 Å². The van der Waals surface area contributed by atoms with Crippen molar-refractivity contribution in [2.45, 2.75) is 6.92 Å². The van der Waals surface area contributed by atoms with E-state index in [1.165, 1.54) is 0 Å². The highest BCUT2D eigenvalue weighted by Gasteiger charge is 2.08. The smallest absolute Gasteiger partial charge is 0.132 e.